The zero-order valence-corrected chi connectivity index (χ0v) is 12.7. The van der Waals surface area contributed by atoms with E-state index in [9.17, 15) is 4.39 Å². The van der Waals surface area contributed by atoms with Crippen molar-refractivity contribution in [2.75, 3.05) is 18.0 Å². The van der Waals surface area contributed by atoms with Gasteiger partial charge in [0.05, 0.1) is 5.69 Å². The van der Waals surface area contributed by atoms with Gasteiger partial charge in [-0.15, -0.1) is 0 Å². The summed E-state index contributed by atoms with van der Waals surface area (Å²) in [5.41, 5.74) is 7.70. The highest BCUT2D eigenvalue weighted by atomic mass is 19.1. The third kappa shape index (κ3) is 4.20. The minimum Gasteiger partial charge on any atom is -0.369 e. The number of halogens is 1. The first-order valence-electron chi connectivity index (χ1n) is 7.93. The molecule has 1 aromatic rings. The molecule has 0 amide bonds. The number of nitrogens with zero attached hydrogens (tertiary/aromatic N) is 1. The predicted octanol–water partition coefficient (Wildman–Crippen LogP) is 3.73. The molecule has 1 aliphatic rings. The van der Waals surface area contributed by atoms with Crippen LogP contribution in [0.2, 0.25) is 0 Å². The summed E-state index contributed by atoms with van der Waals surface area (Å²) >= 11 is 0. The Labute approximate surface area is 122 Å². The zero-order chi connectivity index (χ0) is 14.5. The van der Waals surface area contributed by atoms with Crippen LogP contribution in [0, 0.1) is 11.7 Å². The molecule has 20 heavy (non-hydrogen) atoms. The lowest BCUT2D eigenvalue weighted by Crippen LogP contribution is -2.27. The van der Waals surface area contributed by atoms with Gasteiger partial charge in [-0.05, 0) is 55.7 Å². The van der Waals surface area contributed by atoms with Gasteiger partial charge in [0.15, 0.2) is 0 Å². The van der Waals surface area contributed by atoms with Gasteiger partial charge in [-0.2, -0.15) is 0 Å². The minimum atomic E-state index is -0.0973. The SMILES string of the molecule is CCCN(CC1CC1)c1ccc(CC(N)CC)cc1F. The van der Waals surface area contributed by atoms with E-state index >= 15 is 0 Å². The van der Waals surface area contributed by atoms with Crippen LogP contribution in [0.1, 0.15) is 45.1 Å². The summed E-state index contributed by atoms with van der Waals surface area (Å²) in [6.45, 7) is 6.14. The van der Waals surface area contributed by atoms with Gasteiger partial charge in [-0.25, -0.2) is 4.39 Å². The Morgan fingerprint density at radius 1 is 1.35 bits per heavy atom. The first-order valence-corrected chi connectivity index (χ1v) is 7.93. The van der Waals surface area contributed by atoms with Crippen molar-refractivity contribution >= 4 is 5.69 Å². The Balaban J connectivity index is 2.09. The lowest BCUT2D eigenvalue weighted by atomic mass is 10.0. The first-order chi connectivity index (χ1) is 9.63. The molecule has 0 aliphatic heterocycles. The number of hydrogen-bond acceptors (Lipinski definition) is 2. The summed E-state index contributed by atoms with van der Waals surface area (Å²) in [6, 6.07) is 5.76. The third-order valence-electron chi connectivity index (χ3n) is 4.04. The smallest absolute Gasteiger partial charge is 0.146 e. The van der Waals surface area contributed by atoms with Crippen molar-refractivity contribution in [2.24, 2.45) is 11.7 Å². The van der Waals surface area contributed by atoms with Crippen LogP contribution in [0.4, 0.5) is 10.1 Å². The van der Waals surface area contributed by atoms with Gasteiger partial charge >= 0.3 is 0 Å². The van der Waals surface area contributed by atoms with Gasteiger partial charge < -0.3 is 10.6 Å². The molecular weight excluding hydrogens is 251 g/mol. The maximum Gasteiger partial charge on any atom is 0.146 e. The quantitative estimate of drug-likeness (QED) is 0.785. The molecule has 3 heteroatoms. The number of benzene rings is 1. The van der Waals surface area contributed by atoms with Crippen LogP contribution >= 0.6 is 0 Å². The molecule has 2 N–H and O–H groups in total. The van der Waals surface area contributed by atoms with Crippen LogP contribution in [0.3, 0.4) is 0 Å². The van der Waals surface area contributed by atoms with Gasteiger partial charge in [0.25, 0.3) is 0 Å². The van der Waals surface area contributed by atoms with Crippen LogP contribution < -0.4 is 10.6 Å². The molecule has 0 aromatic heterocycles. The molecule has 2 nitrogen and oxygen atoms in total. The van der Waals surface area contributed by atoms with E-state index in [-0.39, 0.29) is 11.9 Å². The molecule has 1 aromatic carbocycles. The van der Waals surface area contributed by atoms with Crippen LogP contribution in [-0.4, -0.2) is 19.1 Å². The maximum absolute atomic E-state index is 14.4. The van der Waals surface area contributed by atoms with Crippen LogP contribution in [0.15, 0.2) is 18.2 Å². The van der Waals surface area contributed by atoms with Gasteiger partial charge in [0, 0.05) is 19.1 Å². The molecule has 1 aliphatic carbocycles. The highest BCUT2D eigenvalue weighted by Crippen LogP contribution is 2.32. The number of hydrogen-bond donors (Lipinski definition) is 1. The van der Waals surface area contributed by atoms with E-state index in [0.717, 1.165) is 49.5 Å². The molecule has 2 rings (SSSR count). The highest BCUT2D eigenvalue weighted by Gasteiger charge is 2.25. The number of anilines is 1. The number of nitrogens with two attached hydrogens (primary N) is 1. The summed E-state index contributed by atoms with van der Waals surface area (Å²) in [4.78, 5) is 2.20. The largest absolute Gasteiger partial charge is 0.369 e. The fourth-order valence-electron chi connectivity index (χ4n) is 2.57. The van der Waals surface area contributed by atoms with E-state index < -0.39 is 0 Å². The number of rotatable bonds is 8. The Morgan fingerprint density at radius 3 is 2.65 bits per heavy atom. The average molecular weight is 278 g/mol. The minimum absolute atomic E-state index is 0.0973. The van der Waals surface area contributed by atoms with Gasteiger partial charge in [-0.1, -0.05) is 19.9 Å². The molecule has 1 unspecified atom stereocenters. The first kappa shape index (κ1) is 15.3. The van der Waals surface area contributed by atoms with E-state index in [0.29, 0.717) is 0 Å². The van der Waals surface area contributed by atoms with Crippen molar-refractivity contribution in [2.45, 2.75) is 52.0 Å². The van der Waals surface area contributed by atoms with Gasteiger partial charge in [0.1, 0.15) is 5.82 Å². The van der Waals surface area contributed by atoms with E-state index in [1.54, 1.807) is 6.07 Å². The monoisotopic (exact) mass is 278 g/mol. The molecular formula is C17H27FN2. The summed E-state index contributed by atoms with van der Waals surface area (Å²) in [6.07, 6.45) is 5.32. The molecule has 112 valence electrons. The lowest BCUT2D eigenvalue weighted by molar-refractivity contribution is 0.600. The summed E-state index contributed by atoms with van der Waals surface area (Å²) < 4.78 is 14.4. The summed E-state index contributed by atoms with van der Waals surface area (Å²) in [5, 5.41) is 0. The second kappa shape index (κ2) is 7.07. The fourth-order valence-corrected chi connectivity index (χ4v) is 2.57. The summed E-state index contributed by atoms with van der Waals surface area (Å²) in [5.74, 6) is 0.675. The van der Waals surface area contributed by atoms with Crippen molar-refractivity contribution in [1.82, 2.24) is 0 Å². The second-order valence-corrected chi connectivity index (χ2v) is 6.05. The normalized spacial score (nSPS) is 16.2. The van der Waals surface area contributed by atoms with E-state index in [2.05, 4.69) is 18.7 Å². The van der Waals surface area contributed by atoms with Gasteiger partial charge in [0.2, 0.25) is 0 Å². The zero-order valence-electron chi connectivity index (χ0n) is 12.7. The highest BCUT2D eigenvalue weighted by molar-refractivity contribution is 5.49. The molecule has 1 saturated carbocycles. The standard InChI is InChI=1S/C17H27FN2/c1-3-9-20(12-13-5-6-13)17-8-7-14(11-16(17)18)10-15(19)4-2/h7-8,11,13,15H,3-6,9-10,12,19H2,1-2H3. The third-order valence-corrected chi connectivity index (χ3v) is 4.04. The average Bonchev–Trinajstić information content (AvgIpc) is 3.22. The van der Waals surface area contributed by atoms with Crippen LogP contribution in [-0.2, 0) is 6.42 Å². The predicted molar refractivity (Wildman–Crippen MR) is 83.6 cm³/mol. The summed E-state index contributed by atoms with van der Waals surface area (Å²) in [7, 11) is 0. The Hall–Kier alpha value is -1.09. The van der Waals surface area contributed by atoms with Crippen molar-refractivity contribution in [1.29, 1.82) is 0 Å². The van der Waals surface area contributed by atoms with E-state index in [4.69, 9.17) is 5.73 Å². The Bertz CT molecular complexity index is 429. The van der Waals surface area contributed by atoms with Gasteiger partial charge in [-0.3, -0.25) is 0 Å². The molecule has 1 atom stereocenters. The second-order valence-electron chi connectivity index (χ2n) is 6.05. The molecule has 0 bridgehead atoms. The Morgan fingerprint density at radius 2 is 2.10 bits per heavy atom. The van der Waals surface area contributed by atoms with Crippen LogP contribution in [0.25, 0.3) is 0 Å². The molecule has 0 heterocycles. The maximum atomic E-state index is 14.4. The van der Waals surface area contributed by atoms with Crippen molar-refractivity contribution in [3.63, 3.8) is 0 Å². The van der Waals surface area contributed by atoms with Crippen LogP contribution in [0.5, 0.6) is 0 Å². The Kier molecular flexibility index (Phi) is 5.41. The van der Waals surface area contributed by atoms with E-state index in [1.807, 2.05) is 12.1 Å². The lowest BCUT2D eigenvalue weighted by Gasteiger charge is -2.25. The van der Waals surface area contributed by atoms with Crippen molar-refractivity contribution in [3.05, 3.63) is 29.6 Å². The molecule has 0 radical (unpaired) electrons. The molecule has 0 spiro atoms. The van der Waals surface area contributed by atoms with Crippen molar-refractivity contribution < 1.29 is 4.39 Å². The topological polar surface area (TPSA) is 29.3 Å². The molecule has 0 saturated heterocycles. The fraction of sp³-hybridized carbons (Fsp3) is 0.647. The van der Waals surface area contributed by atoms with Crippen molar-refractivity contribution in [3.8, 4) is 0 Å². The molecule has 1 fully saturated rings. The van der Waals surface area contributed by atoms with E-state index in [1.165, 1.54) is 12.8 Å².